The molecule has 0 aliphatic heterocycles. The molecular weight excluding hydrogens is 248 g/mol. The molecule has 0 fully saturated rings. The molecular formula is C12H14N4OS. The first kappa shape index (κ1) is 12.6. The molecule has 0 saturated carbocycles. The lowest BCUT2D eigenvalue weighted by molar-refractivity contribution is 0.392. The SMILES string of the molecule is CCc1c(C)[nH]c(-c2ccc(OC)nn2)nc1=S. The van der Waals surface area contributed by atoms with E-state index in [2.05, 4.69) is 27.1 Å². The molecule has 2 aromatic heterocycles. The highest BCUT2D eigenvalue weighted by atomic mass is 32.1. The number of aryl methyl sites for hydroxylation is 1. The second-order valence-electron chi connectivity index (χ2n) is 3.81. The molecule has 2 heterocycles. The Morgan fingerprint density at radius 3 is 2.61 bits per heavy atom. The molecule has 1 N–H and O–H groups in total. The maximum atomic E-state index is 5.27. The van der Waals surface area contributed by atoms with E-state index in [-0.39, 0.29) is 0 Å². The molecule has 0 aromatic carbocycles. The van der Waals surface area contributed by atoms with Crippen LogP contribution in [0.1, 0.15) is 18.2 Å². The second kappa shape index (κ2) is 5.22. The van der Waals surface area contributed by atoms with Gasteiger partial charge in [-0.3, -0.25) is 0 Å². The van der Waals surface area contributed by atoms with Crippen LogP contribution in [-0.4, -0.2) is 27.3 Å². The van der Waals surface area contributed by atoms with Gasteiger partial charge in [0.25, 0.3) is 0 Å². The summed E-state index contributed by atoms with van der Waals surface area (Å²) in [7, 11) is 1.55. The van der Waals surface area contributed by atoms with Crippen LogP contribution < -0.4 is 4.74 Å². The fourth-order valence-corrected chi connectivity index (χ4v) is 2.09. The Morgan fingerprint density at radius 1 is 1.33 bits per heavy atom. The van der Waals surface area contributed by atoms with Crippen molar-refractivity contribution in [3.05, 3.63) is 28.0 Å². The molecule has 94 valence electrons. The first-order valence-electron chi connectivity index (χ1n) is 5.63. The number of rotatable bonds is 3. The molecule has 18 heavy (non-hydrogen) atoms. The summed E-state index contributed by atoms with van der Waals surface area (Å²) in [5, 5.41) is 7.95. The van der Waals surface area contributed by atoms with Crippen LogP contribution in [0.4, 0.5) is 0 Å². The molecule has 0 saturated heterocycles. The summed E-state index contributed by atoms with van der Waals surface area (Å²) in [6.07, 6.45) is 0.864. The van der Waals surface area contributed by atoms with Gasteiger partial charge in [-0.25, -0.2) is 4.98 Å². The van der Waals surface area contributed by atoms with Crippen LogP contribution in [0.3, 0.4) is 0 Å². The molecule has 6 heteroatoms. The number of H-pyrrole nitrogens is 1. The molecule has 0 unspecified atom stereocenters. The van der Waals surface area contributed by atoms with Gasteiger partial charge in [0.2, 0.25) is 5.88 Å². The highest BCUT2D eigenvalue weighted by molar-refractivity contribution is 7.71. The predicted molar refractivity (Wildman–Crippen MR) is 71.1 cm³/mol. The van der Waals surface area contributed by atoms with Gasteiger partial charge in [-0.15, -0.1) is 10.2 Å². The third-order valence-electron chi connectivity index (χ3n) is 2.68. The van der Waals surface area contributed by atoms with Gasteiger partial charge in [0, 0.05) is 17.3 Å². The minimum atomic E-state index is 0.472. The normalized spacial score (nSPS) is 10.4. The molecule has 0 aliphatic carbocycles. The third kappa shape index (κ3) is 2.38. The van der Waals surface area contributed by atoms with Gasteiger partial charge in [0.05, 0.1) is 7.11 Å². The summed E-state index contributed by atoms with van der Waals surface area (Å²) in [6.45, 7) is 4.04. The van der Waals surface area contributed by atoms with Gasteiger partial charge in [0.1, 0.15) is 10.3 Å². The Kier molecular flexibility index (Phi) is 3.66. The molecule has 2 rings (SSSR count). The van der Waals surface area contributed by atoms with E-state index in [1.165, 1.54) is 0 Å². The number of nitrogens with one attached hydrogen (secondary N) is 1. The fraction of sp³-hybridized carbons (Fsp3) is 0.333. The van der Waals surface area contributed by atoms with E-state index in [1.807, 2.05) is 6.92 Å². The van der Waals surface area contributed by atoms with Crippen molar-refractivity contribution in [1.82, 2.24) is 20.2 Å². The molecule has 0 spiro atoms. The topological polar surface area (TPSA) is 63.7 Å². The molecule has 0 radical (unpaired) electrons. The Bertz CT molecular complexity index is 606. The Balaban J connectivity index is 2.47. The largest absolute Gasteiger partial charge is 0.480 e. The van der Waals surface area contributed by atoms with Gasteiger partial charge in [-0.2, -0.15) is 0 Å². The summed E-state index contributed by atoms with van der Waals surface area (Å²) in [6, 6.07) is 3.54. The molecule has 0 amide bonds. The van der Waals surface area contributed by atoms with Crippen molar-refractivity contribution in [2.75, 3.05) is 7.11 Å². The third-order valence-corrected chi connectivity index (χ3v) is 3.01. The number of aromatic nitrogens is 4. The highest BCUT2D eigenvalue weighted by Gasteiger charge is 2.07. The number of nitrogens with zero attached hydrogens (tertiary/aromatic N) is 3. The molecule has 0 bridgehead atoms. The molecule has 0 atom stereocenters. The standard InChI is InChI=1S/C12H14N4OS/c1-4-8-7(2)13-11(14-12(8)18)9-5-6-10(17-3)16-15-9/h5-6H,4H2,1-3H3,(H,13,14,18). The maximum absolute atomic E-state index is 5.27. The van der Waals surface area contributed by atoms with Gasteiger partial charge in [0.15, 0.2) is 5.82 Å². The monoisotopic (exact) mass is 262 g/mol. The van der Waals surface area contributed by atoms with Crippen molar-refractivity contribution in [3.8, 4) is 17.4 Å². The van der Waals surface area contributed by atoms with Gasteiger partial charge in [-0.05, 0) is 19.4 Å². The molecule has 2 aromatic rings. The van der Waals surface area contributed by atoms with Gasteiger partial charge >= 0.3 is 0 Å². The molecule has 0 aliphatic rings. The quantitative estimate of drug-likeness (QED) is 0.861. The Labute approximate surface area is 110 Å². The average molecular weight is 262 g/mol. The number of hydrogen-bond donors (Lipinski definition) is 1. The Morgan fingerprint density at radius 2 is 2.11 bits per heavy atom. The van der Waals surface area contributed by atoms with Crippen molar-refractivity contribution in [3.63, 3.8) is 0 Å². The summed E-state index contributed by atoms with van der Waals surface area (Å²) in [5.41, 5.74) is 2.73. The van der Waals surface area contributed by atoms with E-state index in [4.69, 9.17) is 17.0 Å². The second-order valence-corrected chi connectivity index (χ2v) is 4.20. The van der Waals surface area contributed by atoms with Crippen molar-refractivity contribution in [1.29, 1.82) is 0 Å². The van der Waals surface area contributed by atoms with Crippen molar-refractivity contribution >= 4 is 12.2 Å². The number of ether oxygens (including phenoxy) is 1. The number of aromatic amines is 1. The maximum Gasteiger partial charge on any atom is 0.233 e. The van der Waals surface area contributed by atoms with E-state index in [0.29, 0.717) is 22.0 Å². The van der Waals surface area contributed by atoms with Crippen LogP contribution >= 0.6 is 12.2 Å². The van der Waals surface area contributed by atoms with Crippen LogP contribution in [0.2, 0.25) is 0 Å². The van der Waals surface area contributed by atoms with Gasteiger partial charge in [-0.1, -0.05) is 19.1 Å². The minimum Gasteiger partial charge on any atom is -0.480 e. The summed E-state index contributed by atoms with van der Waals surface area (Å²) < 4.78 is 5.58. The number of methoxy groups -OCH3 is 1. The fourth-order valence-electron chi connectivity index (χ4n) is 1.70. The summed E-state index contributed by atoms with van der Waals surface area (Å²) >= 11 is 5.27. The van der Waals surface area contributed by atoms with E-state index in [9.17, 15) is 0 Å². The van der Waals surface area contributed by atoms with Crippen LogP contribution in [-0.2, 0) is 6.42 Å². The zero-order valence-electron chi connectivity index (χ0n) is 10.5. The van der Waals surface area contributed by atoms with E-state index in [0.717, 1.165) is 17.7 Å². The van der Waals surface area contributed by atoms with Crippen molar-refractivity contribution < 1.29 is 4.74 Å². The molecule has 5 nitrogen and oxygen atoms in total. The summed E-state index contributed by atoms with van der Waals surface area (Å²) in [5.74, 6) is 1.10. The van der Waals surface area contributed by atoms with Crippen LogP contribution in [0.15, 0.2) is 12.1 Å². The van der Waals surface area contributed by atoms with E-state index >= 15 is 0 Å². The van der Waals surface area contributed by atoms with Crippen molar-refractivity contribution in [2.24, 2.45) is 0 Å². The van der Waals surface area contributed by atoms with Gasteiger partial charge < -0.3 is 9.72 Å². The lowest BCUT2D eigenvalue weighted by atomic mass is 10.2. The Hall–Kier alpha value is -1.82. The first-order chi connectivity index (χ1) is 8.65. The predicted octanol–water partition coefficient (Wildman–Crippen LogP) is 2.48. The van der Waals surface area contributed by atoms with E-state index in [1.54, 1.807) is 19.2 Å². The first-order valence-corrected chi connectivity index (χ1v) is 6.04. The minimum absolute atomic E-state index is 0.472. The van der Waals surface area contributed by atoms with Crippen LogP contribution in [0, 0.1) is 11.6 Å². The van der Waals surface area contributed by atoms with E-state index < -0.39 is 0 Å². The lowest BCUT2D eigenvalue weighted by Crippen LogP contribution is -2.01. The summed E-state index contributed by atoms with van der Waals surface area (Å²) in [4.78, 5) is 7.55. The smallest absolute Gasteiger partial charge is 0.233 e. The van der Waals surface area contributed by atoms with Crippen molar-refractivity contribution in [2.45, 2.75) is 20.3 Å². The van der Waals surface area contributed by atoms with Crippen LogP contribution in [0.5, 0.6) is 5.88 Å². The zero-order chi connectivity index (χ0) is 13.1. The lowest BCUT2D eigenvalue weighted by Gasteiger charge is -2.06. The average Bonchev–Trinajstić information content (AvgIpc) is 2.38. The number of hydrogen-bond acceptors (Lipinski definition) is 5. The van der Waals surface area contributed by atoms with Crippen LogP contribution in [0.25, 0.3) is 11.5 Å². The zero-order valence-corrected chi connectivity index (χ0v) is 11.3. The highest BCUT2D eigenvalue weighted by Crippen LogP contribution is 2.16.